The van der Waals surface area contributed by atoms with Gasteiger partial charge in [0, 0.05) is 29.6 Å². The van der Waals surface area contributed by atoms with Crippen LogP contribution in [0.1, 0.15) is 46.1 Å². The molecule has 1 saturated heterocycles. The number of rotatable bonds is 4. The molecule has 0 aliphatic carbocycles. The number of aromatic amines is 1. The van der Waals surface area contributed by atoms with Gasteiger partial charge in [0.05, 0.1) is 6.54 Å². The second-order valence-electron chi connectivity index (χ2n) is 8.46. The highest BCUT2D eigenvalue weighted by Crippen LogP contribution is 2.26. The van der Waals surface area contributed by atoms with Crippen LogP contribution in [0, 0.1) is 6.92 Å². The zero-order valence-electron chi connectivity index (χ0n) is 18.2. The number of aryl methyl sites for hydroxylation is 1. The maximum atomic E-state index is 13.1. The topological polar surface area (TPSA) is 96.8 Å². The monoisotopic (exact) mass is 462 g/mol. The van der Waals surface area contributed by atoms with Crippen molar-refractivity contribution >= 4 is 28.7 Å². The van der Waals surface area contributed by atoms with Crippen LogP contribution < -0.4 is 5.56 Å². The molecule has 5 rings (SSSR count). The first-order chi connectivity index (χ1) is 16.0. The van der Waals surface area contributed by atoms with Crippen molar-refractivity contribution < 1.29 is 4.79 Å². The van der Waals surface area contributed by atoms with E-state index in [0.29, 0.717) is 41.7 Å². The smallest absolute Gasteiger partial charge is 0.281 e. The Hall–Kier alpha value is -3.52. The minimum Gasteiger partial charge on any atom is -0.338 e. The quantitative estimate of drug-likeness (QED) is 0.500. The summed E-state index contributed by atoms with van der Waals surface area (Å²) in [5, 5.41) is 8.79. The molecule has 168 valence electrons. The van der Waals surface area contributed by atoms with Crippen LogP contribution in [0.25, 0.3) is 11.2 Å². The molecule has 2 aromatic carbocycles. The third-order valence-electron chi connectivity index (χ3n) is 5.97. The zero-order valence-corrected chi connectivity index (χ0v) is 18.9. The van der Waals surface area contributed by atoms with Gasteiger partial charge in [-0.2, -0.15) is 0 Å². The van der Waals surface area contributed by atoms with Gasteiger partial charge in [-0.15, -0.1) is 5.10 Å². The maximum absolute atomic E-state index is 13.1. The van der Waals surface area contributed by atoms with E-state index < -0.39 is 0 Å². The molecule has 0 radical (unpaired) electrons. The fraction of sp³-hybridized carbons (Fsp3) is 0.292. The number of halogens is 1. The van der Waals surface area contributed by atoms with Crippen molar-refractivity contribution in [1.29, 1.82) is 0 Å². The molecule has 2 aromatic heterocycles. The van der Waals surface area contributed by atoms with Crippen molar-refractivity contribution in [2.75, 3.05) is 13.1 Å². The minimum atomic E-state index is -0.325. The third kappa shape index (κ3) is 4.39. The van der Waals surface area contributed by atoms with Crippen molar-refractivity contribution in [2.45, 2.75) is 32.2 Å². The Morgan fingerprint density at radius 2 is 2.06 bits per heavy atom. The molecule has 0 bridgehead atoms. The first kappa shape index (κ1) is 21.3. The van der Waals surface area contributed by atoms with Gasteiger partial charge in [0.1, 0.15) is 5.82 Å². The van der Waals surface area contributed by atoms with Crippen LogP contribution in [0.15, 0.2) is 53.3 Å². The number of hydrogen-bond donors (Lipinski definition) is 1. The lowest BCUT2D eigenvalue weighted by Crippen LogP contribution is -2.40. The average molecular weight is 463 g/mol. The summed E-state index contributed by atoms with van der Waals surface area (Å²) in [6.07, 6.45) is 1.67. The molecule has 8 nitrogen and oxygen atoms in total. The van der Waals surface area contributed by atoms with Gasteiger partial charge in [-0.05, 0) is 49.6 Å². The number of piperidine rings is 1. The van der Waals surface area contributed by atoms with Crippen molar-refractivity contribution in [2.24, 2.45) is 0 Å². The maximum Gasteiger partial charge on any atom is 0.281 e. The van der Waals surface area contributed by atoms with E-state index in [2.05, 4.69) is 15.3 Å². The first-order valence-corrected chi connectivity index (χ1v) is 11.3. The van der Waals surface area contributed by atoms with Crippen molar-refractivity contribution in [3.8, 4) is 0 Å². The summed E-state index contributed by atoms with van der Waals surface area (Å²) in [6, 6.07) is 15.1. The van der Waals surface area contributed by atoms with Crippen molar-refractivity contribution in [3.05, 3.63) is 86.4 Å². The Labute approximate surface area is 195 Å². The number of nitrogens with one attached hydrogen (secondary N) is 1. The summed E-state index contributed by atoms with van der Waals surface area (Å²) in [4.78, 5) is 35.2. The summed E-state index contributed by atoms with van der Waals surface area (Å²) < 4.78 is 1.61. The Morgan fingerprint density at radius 3 is 2.88 bits per heavy atom. The molecule has 9 heteroatoms. The van der Waals surface area contributed by atoms with Crippen LogP contribution in [-0.4, -0.2) is 48.9 Å². The highest BCUT2D eigenvalue weighted by molar-refractivity contribution is 6.30. The normalized spacial score (nSPS) is 16.3. The summed E-state index contributed by atoms with van der Waals surface area (Å²) in [7, 11) is 0. The van der Waals surface area contributed by atoms with Crippen molar-refractivity contribution in [1.82, 2.24) is 29.9 Å². The first-order valence-electron chi connectivity index (χ1n) is 10.9. The molecule has 1 aliphatic rings. The number of carbonyl (C=O) groups excluding carboxylic acids is 1. The Kier molecular flexibility index (Phi) is 5.68. The number of benzene rings is 2. The van der Waals surface area contributed by atoms with Gasteiger partial charge in [0.15, 0.2) is 11.2 Å². The second-order valence-corrected chi connectivity index (χ2v) is 8.90. The molecule has 1 atom stereocenters. The summed E-state index contributed by atoms with van der Waals surface area (Å²) in [5.74, 6) is 0.488. The van der Waals surface area contributed by atoms with Gasteiger partial charge >= 0.3 is 0 Å². The van der Waals surface area contributed by atoms with Gasteiger partial charge in [-0.25, -0.2) is 9.67 Å². The van der Waals surface area contributed by atoms with Crippen LogP contribution in [0.2, 0.25) is 5.02 Å². The minimum absolute atomic E-state index is 0.000472. The summed E-state index contributed by atoms with van der Waals surface area (Å²) >= 11 is 6.10. The largest absolute Gasteiger partial charge is 0.338 e. The number of H-pyrrole nitrogens is 1. The predicted molar refractivity (Wildman–Crippen MR) is 126 cm³/mol. The highest BCUT2D eigenvalue weighted by atomic mass is 35.5. The number of likely N-dealkylation sites (tertiary alicyclic amines) is 1. The fourth-order valence-electron chi connectivity index (χ4n) is 4.34. The molecule has 1 aliphatic heterocycles. The van der Waals surface area contributed by atoms with E-state index in [9.17, 15) is 9.59 Å². The van der Waals surface area contributed by atoms with E-state index in [1.807, 2.05) is 54.3 Å². The highest BCUT2D eigenvalue weighted by Gasteiger charge is 2.28. The molecule has 1 fully saturated rings. The van der Waals surface area contributed by atoms with Crippen LogP contribution in [0.4, 0.5) is 0 Å². The molecule has 1 N–H and O–H groups in total. The van der Waals surface area contributed by atoms with E-state index in [4.69, 9.17) is 16.6 Å². The van der Waals surface area contributed by atoms with E-state index in [1.54, 1.807) is 10.7 Å². The molecule has 1 unspecified atom stereocenters. The second kappa shape index (κ2) is 8.78. The van der Waals surface area contributed by atoms with Crippen LogP contribution >= 0.6 is 11.6 Å². The van der Waals surface area contributed by atoms with E-state index >= 15 is 0 Å². The predicted octanol–water partition coefficient (Wildman–Crippen LogP) is 3.54. The molecule has 3 heterocycles. The molecule has 1 amide bonds. The molecule has 0 spiro atoms. The van der Waals surface area contributed by atoms with Crippen molar-refractivity contribution in [3.63, 3.8) is 0 Å². The lowest BCUT2D eigenvalue weighted by molar-refractivity contribution is 0.0704. The fourth-order valence-corrected chi connectivity index (χ4v) is 4.55. The van der Waals surface area contributed by atoms with Gasteiger partial charge in [0.2, 0.25) is 0 Å². The standard InChI is InChI=1S/C24H23ClN6O2/c1-15-5-2-7-17(11-15)24(33)30-10-4-8-18(14-30)21-26-22-20(23(32)27-21)28-29-31(22)13-16-6-3-9-19(25)12-16/h2-3,5-7,9,11-12,18H,4,8,10,13-14H2,1H3,(H,26,27,32). The SMILES string of the molecule is Cc1cccc(C(=O)N2CCCC(c3nc4c(nnn4Cc4cccc(Cl)c4)c(=O)[nH]3)C2)c1. The number of hydrogen-bond acceptors (Lipinski definition) is 5. The molecular weight excluding hydrogens is 440 g/mol. The number of nitrogens with zero attached hydrogens (tertiary/aromatic N) is 5. The zero-order chi connectivity index (χ0) is 22.9. The Morgan fingerprint density at radius 1 is 1.21 bits per heavy atom. The van der Waals surface area contributed by atoms with Gasteiger partial charge < -0.3 is 9.88 Å². The number of amides is 1. The lowest BCUT2D eigenvalue weighted by atomic mass is 9.96. The van der Waals surface area contributed by atoms with Crippen LogP contribution in [-0.2, 0) is 6.54 Å². The Bertz CT molecular complexity index is 1400. The number of aromatic nitrogens is 5. The number of carbonyl (C=O) groups is 1. The van der Waals surface area contributed by atoms with Gasteiger partial charge in [-0.1, -0.05) is 46.6 Å². The van der Waals surface area contributed by atoms with Gasteiger partial charge in [0.25, 0.3) is 11.5 Å². The van der Waals surface area contributed by atoms with E-state index in [-0.39, 0.29) is 22.9 Å². The lowest BCUT2D eigenvalue weighted by Gasteiger charge is -2.32. The Balaban J connectivity index is 1.43. The van der Waals surface area contributed by atoms with Crippen LogP contribution in [0.5, 0.6) is 0 Å². The van der Waals surface area contributed by atoms with E-state index in [0.717, 1.165) is 24.0 Å². The summed E-state index contributed by atoms with van der Waals surface area (Å²) in [6.45, 7) is 3.55. The molecular formula is C24H23ClN6O2. The third-order valence-corrected chi connectivity index (χ3v) is 6.21. The van der Waals surface area contributed by atoms with E-state index in [1.165, 1.54) is 0 Å². The summed E-state index contributed by atoms with van der Waals surface area (Å²) in [5.41, 5.74) is 2.96. The van der Waals surface area contributed by atoms with Crippen LogP contribution in [0.3, 0.4) is 0 Å². The molecule has 33 heavy (non-hydrogen) atoms. The number of fused-ring (bicyclic) bond motifs is 1. The molecule has 4 aromatic rings. The average Bonchev–Trinajstić information content (AvgIpc) is 3.22. The molecule has 0 saturated carbocycles. The van der Waals surface area contributed by atoms with Gasteiger partial charge in [-0.3, -0.25) is 9.59 Å².